The topological polar surface area (TPSA) is 86.0 Å². The summed E-state index contributed by atoms with van der Waals surface area (Å²) < 4.78 is 17.5. The maximum atomic E-state index is 14.1. The molecule has 0 radical (unpaired) electrons. The van der Waals surface area contributed by atoms with Crippen LogP contribution in [-0.4, -0.2) is 24.7 Å². The lowest BCUT2D eigenvalue weighted by molar-refractivity contribution is 0.571. The van der Waals surface area contributed by atoms with Crippen molar-refractivity contribution in [3.8, 4) is 0 Å². The molecule has 10 heteroatoms. The first-order chi connectivity index (χ1) is 13.9. The monoisotopic (exact) mass is 433 g/mol. The van der Waals surface area contributed by atoms with Crippen molar-refractivity contribution >= 4 is 34.3 Å². The summed E-state index contributed by atoms with van der Waals surface area (Å²) in [5.74, 6) is 5.60. The molecule has 7 nitrogen and oxygen atoms in total. The molecular weight excluding hydrogens is 413 g/mol. The molecule has 0 aliphatic rings. The predicted octanol–water partition coefficient (Wildman–Crippen LogP) is 4.19. The third-order valence-corrected chi connectivity index (χ3v) is 5.46. The van der Waals surface area contributed by atoms with Crippen molar-refractivity contribution < 1.29 is 4.39 Å². The van der Waals surface area contributed by atoms with Crippen molar-refractivity contribution in [2.75, 3.05) is 0 Å². The van der Waals surface area contributed by atoms with Gasteiger partial charge in [-0.3, -0.25) is 9.36 Å². The summed E-state index contributed by atoms with van der Waals surface area (Å²) in [6.07, 6.45) is 3.61. The molecular formula is C19H21ClFN7S. The summed E-state index contributed by atoms with van der Waals surface area (Å²) in [6.45, 7) is 8.25. The van der Waals surface area contributed by atoms with Gasteiger partial charge in [0.15, 0.2) is 11.0 Å². The number of amidine groups is 1. The number of aryl methyl sites for hydroxylation is 1. The molecule has 3 aromatic rings. The summed E-state index contributed by atoms with van der Waals surface area (Å²) in [6, 6.07) is 8.47. The third kappa shape index (κ3) is 5.26. The summed E-state index contributed by atoms with van der Waals surface area (Å²) >= 11 is 7.13. The number of aliphatic imine (C=N–C) groups is 1. The van der Waals surface area contributed by atoms with Crippen LogP contribution >= 0.6 is 23.4 Å². The molecule has 0 aliphatic heterocycles. The second-order valence-electron chi connectivity index (χ2n) is 6.33. The summed E-state index contributed by atoms with van der Waals surface area (Å²) in [5, 5.41) is 9.26. The zero-order valence-electron chi connectivity index (χ0n) is 16.0. The molecule has 1 aromatic carbocycles. The number of nitrogens with zero attached hydrogens (tertiary/aromatic N) is 5. The van der Waals surface area contributed by atoms with Crippen LogP contribution in [0.5, 0.6) is 0 Å². The van der Waals surface area contributed by atoms with Crippen LogP contribution in [0.2, 0.25) is 5.02 Å². The SMILES string of the molecule is C=C(SC(=Nc1ccn(Cc2cccc(Cl)c2F)n1)NN)C(C)n1ccc(C)n1. The van der Waals surface area contributed by atoms with Gasteiger partial charge in [0.05, 0.1) is 23.3 Å². The number of thioether (sulfide) groups is 1. The van der Waals surface area contributed by atoms with Crippen LogP contribution in [0.1, 0.15) is 24.2 Å². The standard InChI is InChI=1S/C19H21ClFN7S/c1-12-7-10-28(25-12)13(2)14(3)29-19(24-22)23-17-8-9-27(26-17)11-15-5-4-6-16(20)18(15)21/h4-10,13H,3,11,22H2,1-2H3,(H,23,24,26). The number of aromatic nitrogens is 4. The first-order valence-electron chi connectivity index (χ1n) is 8.77. The van der Waals surface area contributed by atoms with Gasteiger partial charge < -0.3 is 5.43 Å². The molecule has 1 atom stereocenters. The normalized spacial score (nSPS) is 12.8. The minimum absolute atomic E-state index is 0.0457. The minimum atomic E-state index is -0.450. The second-order valence-corrected chi connectivity index (χ2v) is 7.85. The Morgan fingerprint density at radius 2 is 2.14 bits per heavy atom. The number of halogens is 2. The van der Waals surface area contributed by atoms with Crippen LogP contribution in [-0.2, 0) is 6.54 Å². The Balaban J connectivity index is 1.69. The van der Waals surface area contributed by atoms with Crippen LogP contribution in [0.25, 0.3) is 0 Å². The highest BCUT2D eigenvalue weighted by Gasteiger charge is 2.14. The molecule has 1 unspecified atom stereocenters. The number of hydrazine groups is 1. The van der Waals surface area contributed by atoms with E-state index in [1.165, 1.54) is 17.8 Å². The van der Waals surface area contributed by atoms with E-state index in [1.807, 2.05) is 30.8 Å². The summed E-state index contributed by atoms with van der Waals surface area (Å²) in [4.78, 5) is 5.21. The smallest absolute Gasteiger partial charge is 0.182 e. The van der Waals surface area contributed by atoms with Gasteiger partial charge in [-0.25, -0.2) is 15.2 Å². The van der Waals surface area contributed by atoms with Crippen LogP contribution in [0, 0.1) is 12.7 Å². The molecule has 0 saturated carbocycles. The zero-order valence-corrected chi connectivity index (χ0v) is 17.6. The average molecular weight is 434 g/mol. The molecule has 3 rings (SSSR count). The highest BCUT2D eigenvalue weighted by atomic mass is 35.5. The molecule has 152 valence electrons. The molecule has 0 bridgehead atoms. The van der Waals surface area contributed by atoms with Crippen LogP contribution in [0.15, 0.2) is 59.2 Å². The van der Waals surface area contributed by atoms with Crippen molar-refractivity contribution in [3.05, 3.63) is 76.3 Å². The molecule has 0 fully saturated rings. The fourth-order valence-corrected chi connectivity index (χ4v) is 3.46. The third-order valence-electron chi connectivity index (χ3n) is 4.16. The number of rotatable bonds is 6. The Labute approximate surface area is 177 Å². The van der Waals surface area contributed by atoms with Crippen molar-refractivity contribution in [3.63, 3.8) is 0 Å². The Bertz CT molecular complexity index is 1040. The zero-order chi connectivity index (χ0) is 21.0. The summed E-state index contributed by atoms with van der Waals surface area (Å²) in [5.41, 5.74) is 3.94. The van der Waals surface area contributed by atoms with Crippen molar-refractivity contribution in [2.45, 2.75) is 26.4 Å². The fraction of sp³-hybridized carbons (Fsp3) is 0.211. The number of benzene rings is 1. The lowest BCUT2D eigenvalue weighted by atomic mass is 10.2. The predicted molar refractivity (Wildman–Crippen MR) is 116 cm³/mol. The Hall–Kier alpha value is -2.62. The van der Waals surface area contributed by atoms with E-state index in [2.05, 4.69) is 27.2 Å². The molecule has 2 aromatic heterocycles. The number of allylic oxidation sites excluding steroid dienone is 1. The van der Waals surface area contributed by atoms with E-state index in [9.17, 15) is 4.39 Å². The van der Waals surface area contributed by atoms with E-state index in [0.29, 0.717) is 16.5 Å². The van der Waals surface area contributed by atoms with Gasteiger partial charge in [-0.2, -0.15) is 10.2 Å². The van der Waals surface area contributed by atoms with Gasteiger partial charge in [0.2, 0.25) is 0 Å². The number of hydrogen-bond donors (Lipinski definition) is 2. The molecule has 2 heterocycles. The maximum absolute atomic E-state index is 14.1. The number of nitrogens with two attached hydrogens (primary N) is 1. The molecule has 0 amide bonds. The van der Waals surface area contributed by atoms with Crippen LogP contribution in [0.3, 0.4) is 0 Å². The number of hydrogen-bond acceptors (Lipinski definition) is 5. The van der Waals surface area contributed by atoms with Gasteiger partial charge in [-0.1, -0.05) is 42.1 Å². The quantitative estimate of drug-likeness (QED) is 0.263. The second kappa shape index (κ2) is 9.25. The van der Waals surface area contributed by atoms with Crippen molar-refractivity contribution in [1.82, 2.24) is 25.0 Å². The summed E-state index contributed by atoms with van der Waals surface area (Å²) in [7, 11) is 0. The highest BCUT2D eigenvalue weighted by molar-refractivity contribution is 8.17. The van der Waals surface area contributed by atoms with Gasteiger partial charge in [0, 0.05) is 28.9 Å². The Kier molecular flexibility index (Phi) is 6.73. The average Bonchev–Trinajstić information content (AvgIpc) is 3.33. The van der Waals surface area contributed by atoms with Crippen molar-refractivity contribution in [2.24, 2.45) is 10.8 Å². The Morgan fingerprint density at radius 1 is 1.34 bits per heavy atom. The number of nitrogens with one attached hydrogen (secondary N) is 1. The molecule has 0 aliphatic carbocycles. The van der Waals surface area contributed by atoms with Crippen LogP contribution in [0.4, 0.5) is 10.2 Å². The van der Waals surface area contributed by atoms with E-state index in [1.54, 1.807) is 29.1 Å². The fourth-order valence-electron chi connectivity index (χ4n) is 2.54. The molecule has 0 saturated heterocycles. The molecule has 0 spiro atoms. The minimum Gasteiger partial charge on any atom is -0.303 e. The van der Waals surface area contributed by atoms with Gasteiger partial charge in [-0.15, -0.1) is 0 Å². The molecule has 29 heavy (non-hydrogen) atoms. The van der Waals surface area contributed by atoms with Gasteiger partial charge in [0.25, 0.3) is 0 Å². The van der Waals surface area contributed by atoms with Gasteiger partial charge >= 0.3 is 0 Å². The van der Waals surface area contributed by atoms with E-state index in [-0.39, 0.29) is 17.6 Å². The first kappa shape index (κ1) is 21.1. The molecule has 3 N–H and O–H groups in total. The van der Waals surface area contributed by atoms with E-state index >= 15 is 0 Å². The first-order valence-corrected chi connectivity index (χ1v) is 9.97. The Morgan fingerprint density at radius 3 is 2.83 bits per heavy atom. The lowest BCUT2D eigenvalue weighted by Crippen LogP contribution is -2.28. The lowest BCUT2D eigenvalue weighted by Gasteiger charge is -2.15. The van der Waals surface area contributed by atoms with E-state index in [4.69, 9.17) is 17.4 Å². The largest absolute Gasteiger partial charge is 0.303 e. The van der Waals surface area contributed by atoms with Gasteiger partial charge in [0.1, 0.15) is 5.82 Å². The highest BCUT2D eigenvalue weighted by Crippen LogP contribution is 2.27. The maximum Gasteiger partial charge on any atom is 0.182 e. The van der Waals surface area contributed by atoms with E-state index in [0.717, 1.165) is 10.6 Å². The van der Waals surface area contributed by atoms with E-state index < -0.39 is 5.82 Å². The van der Waals surface area contributed by atoms with Crippen molar-refractivity contribution in [1.29, 1.82) is 0 Å². The van der Waals surface area contributed by atoms with Gasteiger partial charge in [-0.05, 0) is 26.0 Å². The van der Waals surface area contributed by atoms with Crippen LogP contribution < -0.4 is 11.3 Å².